The normalized spacial score (nSPS) is 12.1. The highest BCUT2D eigenvalue weighted by atomic mass is 16.5. The van der Waals surface area contributed by atoms with Crippen LogP contribution in [-0.2, 0) is 6.61 Å². The van der Waals surface area contributed by atoms with E-state index in [0.717, 1.165) is 18.7 Å². The van der Waals surface area contributed by atoms with Gasteiger partial charge in [-0.2, -0.15) is 0 Å². The van der Waals surface area contributed by atoms with E-state index in [4.69, 9.17) is 4.74 Å². The number of rotatable bonds is 7. The van der Waals surface area contributed by atoms with Crippen LogP contribution in [0, 0.1) is 6.92 Å². The standard InChI is InChI=1S/C19H25NO/c1-4-12-20-16(3)17-10-7-11-19(13-17)21-14-18-9-6-5-8-15(18)2/h5-11,13,16,20H,4,12,14H2,1-3H3. The molecule has 0 aliphatic heterocycles. The summed E-state index contributed by atoms with van der Waals surface area (Å²) in [5.41, 5.74) is 3.78. The van der Waals surface area contributed by atoms with Crippen LogP contribution >= 0.6 is 0 Å². The van der Waals surface area contributed by atoms with Gasteiger partial charge in [0.2, 0.25) is 0 Å². The lowest BCUT2D eigenvalue weighted by Gasteiger charge is -2.15. The van der Waals surface area contributed by atoms with Crippen LogP contribution in [0.2, 0.25) is 0 Å². The summed E-state index contributed by atoms with van der Waals surface area (Å²) < 4.78 is 5.94. The van der Waals surface area contributed by atoms with Crippen LogP contribution in [0.25, 0.3) is 0 Å². The number of hydrogen-bond donors (Lipinski definition) is 1. The highest BCUT2D eigenvalue weighted by Crippen LogP contribution is 2.20. The van der Waals surface area contributed by atoms with Crippen LogP contribution in [0.5, 0.6) is 5.75 Å². The molecule has 1 atom stereocenters. The molecule has 0 fully saturated rings. The Bertz CT molecular complexity index is 565. The molecule has 0 radical (unpaired) electrons. The first-order valence-electron chi connectivity index (χ1n) is 7.71. The molecule has 0 amide bonds. The van der Waals surface area contributed by atoms with Crippen LogP contribution in [0.1, 0.15) is 43.0 Å². The molecule has 0 spiro atoms. The highest BCUT2D eigenvalue weighted by Gasteiger charge is 2.06. The van der Waals surface area contributed by atoms with E-state index >= 15 is 0 Å². The van der Waals surface area contributed by atoms with E-state index in [1.54, 1.807) is 0 Å². The molecule has 0 saturated heterocycles. The SMILES string of the molecule is CCCNC(C)c1cccc(OCc2ccccc2C)c1. The van der Waals surface area contributed by atoms with Gasteiger partial charge < -0.3 is 10.1 Å². The second-order valence-electron chi connectivity index (χ2n) is 5.46. The van der Waals surface area contributed by atoms with Gasteiger partial charge in [-0.05, 0) is 55.6 Å². The summed E-state index contributed by atoms with van der Waals surface area (Å²) in [5.74, 6) is 0.931. The Morgan fingerprint density at radius 3 is 2.67 bits per heavy atom. The van der Waals surface area contributed by atoms with Gasteiger partial charge in [0.1, 0.15) is 12.4 Å². The topological polar surface area (TPSA) is 21.3 Å². The molecule has 1 unspecified atom stereocenters. The van der Waals surface area contributed by atoms with Crippen LogP contribution in [0.15, 0.2) is 48.5 Å². The fourth-order valence-electron chi connectivity index (χ4n) is 2.29. The third-order valence-electron chi connectivity index (χ3n) is 3.71. The molecular formula is C19H25NO. The summed E-state index contributed by atoms with van der Waals surface area (Å²) in [4.78, 5) is 0. The molecule has 21 heavy (non-hydrogen) atoms. The molecular weight excluding hydrogens is 258 g/mol. The zero-order chi connectivity index (χ0) is 15.1. The molecule has 2 aromatic rings. The molecule has 2 rings (SSSR count). The number of hydrogen-bond acceptors (Lipinski definition) is 2. The number of nitrogens with one attached hydrogen (secondary N) is 1. The van der Waals surface area contributed by atoms with Crippen molar-refractivity contribution in [2.45, 2.75) is 39.8 Å². The summed E-state index contributed by atoms with van der Waals surface area (Å²) in [5, 5.41) is 3.50. The fraction of sp³-hybridized carbons (Fsp3) is 0.368. The summed E-state index contributed by atoms with van der Waals surface area (Å²) in [6.07, 6.45) is 1.15. The molecule has 1 N–H and O–H groups in total. The van der Waals surface area contributed by atoms with Crippen LogP contribution in [0.3, 0.4) is 0 Å². The van der Waals surface area contributed by atoms with Gasteiger partial charge in [-0.1, -0.05) is 43.3 Å². The minimum absolute atomic E-state index is 0.354. The van der Waals surface area contributed by atoms with Gasteiger partial charge in [-0.25, -0.2) is 0 Å². The van der Waals surface area contributed by atoms with E-state index < -0.39 is 0 Å². The Morgan fingerprint density at radius 1 is 1.10 bits per heavy atom. The minimum atomic E-state index is 0.354. The van der Waals surface area contributed by atoms with E-state index in [9.17, 15) is 0 Å². The van der Waals surface area contributed by atoms with Crippen molar-refractivity contribution in [3.63, 3.8) is 0 Å². The zero-order valence-electron chi connectivity index (χ0n) is 13.2. The molecule has 0 aromatic heterocycles. The molecule has 112 valence electrons. The molecule has 0 aliphatic rings. The molecule has 0 aliphatic carbocycles. The highest BCUT2D eigenvalue weighted by molar-refractivity contribution is 5.31. The zero-order valence-corrected chi connectivity index (χ0v) is 13.2. The Morgan fingerprint density at radius 2 is 1.90 bits per heavy atom. The first kappa shape index (κ1) is 15.6. The molecule has 2 nitrogen and oxygen atoms in total. The fourth-order valence-corrected chi connectivity index (χ4v) is 2.29. The van der Waals surface area contributed by atoms with Gasteiger partial charge in [0.15, 0.2) is 0 Å². The summed E-state index contributed by atoms with van der Waals surface area (Å²) in [6, 6.07) is 17.1. The second-order valence-corrected chi connectivity index (χ2v) is 5.46. The largest absolute Gasteiger partial charge is 0.489 e. The molecule has 0 saturated carbocycles. The maximum atomic E-state index is 5.94. The van der Waals surface area contributed by atoms with E-state index in [0.29, 0.717) is 12.6 Å². The monoisotopic (exact) mass is 283 g/mol. The van der Waals surface area contributed by atoms with E-state index in [1.807, 2.05) is 6.07 Å². The quantitative estimate of drug-likeness (QED) is 0.799. The smallest absolute Gasteiger partial charge is 0.120 e. The van der Waals surface area contributed by atoms with Crippen molar-refractivity contribution in [3.05, 3.63) is 65.2 Å². The average Bonchev–Trinajstić information content (AvgIpc) is 2.52. The van der Waals surface area contributed by atoms with Crippen LogP contribution in [-0.4, -0.2) is 6.54 Å². The first-order chi connectivity index (χ1) is 10.2. The Kier molecular flexibility index (Phi) is 5.82. The Balaban J connectivity index is 1.99. The lowest BCUT2D eigenvalue weighted by molar-refractivity contribution is 0.305. The van der Waals surface area contributed by atoms with E-state index in [2.05, 4.69) is 68.6 Å². The molecule has 0 heterocycles. The first-order valence-corrected chi connectivity index (χ1v) is 7.71. The number of benzene rings is 2. The Hall–Kier alpha value is -1.80. The Labute approximate surface area is 128 Å². The number of ether oxygens (including phenoxy) is 1. The molecule has 2 heteroatoms. The van der Waals surface area contributed by atoms with Crippen molar-refractivity contribution >= 4 is 0 Å². The predicted octanol–water partition coefficient (Wildman–Crippen LogP) is 4.63. The maximum Gasteiger partial charge on any atom is 0.120 e. The molecule has 0 bridgehead atoms. The van der Waals surface area contributed by atoms with Gasteiger partial charge in [0, 0.05) is 6.04 Å². The lowest BCUT2D eigenvalue weighted by atomic mass is 10.1. The third-order valence-corrected chi connectivity index (χ3v) is 3.71. The van der Waals surface area contributed by atoms with Crippen molar-refractivity contribution < 1.29 is 4.74 Å². The second kappa shape index (κ2) is 7.84. The lowest BCUT2D eigenvalue weighted by Crippen LogP contribution is -2.19. The van der Waals surface area contributed by atoms with Crippen LogP contribution in [0.4, 0.5) is 0 Å². The molecule has 2 aromatic carbocycles. The van der Waals surface area contributed by atoms with Gasteiger partial charge in [-0.15, -0.1) is 0 Å². The third kappa shape index (κ3) is 4.61. The summed E-state index contributed by atoms with van der Waals surface area (Å²) in [6.45, 7) is 8.14. The van der Waals surface area contributed by atoms with E-state index in [-0.39, 0.29) is 0 Å². The minimum Gasteiger partial charge on any atom is -0.489 e. The van der Waals surface area contributed by atoms with Crippen molar-refractivity contribution in [2.75, 3.05) is 6.54 Å². The van der Waals surface area contributed by atoms with E-state index in [1.165, 1.54) is 16.7 Å². The van der Waals surface area contributed by atoms with Crippen molar-refractivity contribution in [3.8, 4) is 5.75 Å². The van der Waals surface area contributed by atoms with Crippen molar-refractivity contribution in [1.29, 1.82) is 0 Å². The summed E-state index contributed by atoms with van der Waals surface area (Å²) in [7, 11) is 0. The van der Waals surface area contributed by atoms with Gasteiger partial charge in [-0.3, -0.25) is 0 Å². The van der Waals surface area contributed by atoms with Crippen LogP contribution < -0.4 is 10.1 Å². The maximum absolute atomic E-state index is 5.94. The van der Waals surface area contributed by atoms with Gasteiger partial charge in [0.05, 0.1) is 0 Å². The van der Waals surface area contributed by atoms with Gasteiger partial charge in [0.25, 0.3) is 0 Å². The summed E-state index contributed by atoms with van der Waals surface area (Å²) >= 11 is 0. The van der Waals surface area contributed by atoms with Gasteiger partial charge >= 0.3 is 0 Å². The number of aryl methyl sites for hydroxylation is 1. The average molecular weight is 283 g/mol. The van der Waals surface area contributed by atoms with Crippen molar-refractivity contribution in [1.82, 2.24) is 5.32 Å². The van der Waals surface area contributed by atoms with Crippen molar-refractivity contribution in [2.24, 2.45) is 0 Å². The predicted molar refractivity (Wildman–Crippen MR) is 88.7 cm³/mol.